The first kappa shape index (κ1) is 14.6. The monoisotopic (exact) mass is 307 g/mol. The van der Waals surface area contributed by atoms with Gasteiger partial charge in [-0.3, -0.25) is 4.79 Å². The van der Waals surface area contributed by atoms with Crippen molar-refractivity contribution in [1.29, 1.82) is 0 Å². The Hall–Kier alpha value is -1.79. The molecule has 0 saturated carbocycles. The van der Waals surface area contributed by atoms with Gasteiger partial charge in [-0.15, -0.1) is 23.1 Å². The van der Waals surface area contributed by atoms with E-state index in [2.05, 4.69) is 5.32 Å². The van der Waals surface area contributed by atoms with Crippen molar-refractivity contribution in [1.82, 2.24) is 0 Å². The van der Waals surface area contributed by atoms with Crippen molar-refractivity contribution in [3.8, 4) is 0 Å². The fourth-order valence-corrected chi connectivity index (χ4v) is 3.19. The number of hydrogen-bond donors (Lipinski definition) is 2. The number of aromatic carboxylic acids is 1. The van der Waals surface area contributed by atoms with Crippen LogP contribution < -0.4 is 5.32 Å². The van der Waals surface area contributed by atoms with Gasteiger partial charge in [-0.25, -0.2) is 4.79 Å². The van der Waals surface area contributed by atoms with Crippen molar-refractivity contribution in [2.45, 2.75) is 11.1 Å². The SMILES string of the molecule is Cc1ccc(NC(=O)CSc2cccs2)cc1C(=O)O. The standard InChI is InChI=1S/C14H13NO3S2/c1-9-4-5-10(7-11(9)14(17)18)15-12(16)8-20-13-3-2-6-19-13/h2-7H,8H2,1H3,(H,15,16)(H,17,18). The van der Waals surface area contributed by atoms with Crippen molar-refractivity contribution in [2.75, 3.05) is 11.1 Å². The van der Waals surface area contributed by atoms with Gasteiger partial charge in [-0.1, -0.05) is 12.1 Å². The second-order valence-electron chi connectivity index (χ2n) is 4.10. The molecule has 0 radical (unpaired) electrons. The van der Waals surface area contributed by atoms with E-state index in [1.165, 1.54) is 17.8 Å². The van der Waals surface area contributed by atoms with Crippen LogP contribution in [0.3, 0.4) is 0 Å². The van der Waals surface area contributed by atoms with Crippen molar-refractivity contribution in [3.63, 3.8) is 0 Å². The van der Waals surface area contributed by atoms with E-state index in [-0.39, 0.29) is 11.5 Å². The molecule has 1 aromatic carbocycles. The average Bonchev–Trinajstić information content (AvgIpc) is 2.91. The number of rotatable bonds is 5. The van der Waals surface area contributed by atoms with Crippen molar-refractivity contribution in [2.24, 2.45) is 0 Å². The van der Waals surface area contributed by atoms with Crippen LogP contribution in [-0.4, -0.2) is 22.7 Å². The Kier molecular flexibility index (Phi) is 4.81. The summed E-state index contributed by atoms with van der Waals surface area (Å²) in [6.07, 6.45) is 0. The molecule has 1 heterocycles. The minimum absolute atomic E-state index is 0.149. The van der Waals surface area contributed by atoms with Crippen molar-refractivity contribution in [3.05, 3.63) is 46.8 Å². The average molecular weight is 307 g/mol. The van der Waals surface area contributed by atoms with E-state index in [4.69, 9.17) is 5.11 Å². The van der Waals surface area contributed by atoms with Gasteiger partial charge in [0.1, 0.15) is 0 Å². The lowest BCUT2D eigenvalue weighted by Gasteiger charge is -2.07. The first-order valence-electron chi connectivity index (χ1n) is 5.86. The molecule has 4 nitrogen and oxygen atoms in total. The first-order chi connectivity index (χ1) is 9.56. The summed E-state index contributed by atoms with van der Waals surface area (Å²) in [4.78, 5) is 22.8. The summed E-state index contributed by atoms with van der Waals surface area (Å²) in [5.41, 5.74) is 1.38. The molecule has 0 unspecified atom stereocenters. The highest BCUT2D eigenvalue weighted by atomic mass is 32.2. The summed E-state index contributed by atoms with van der Waals surface area (Å²) >= 11 is 3.04. The maximum Gasteiger partial charge on any atom is 0.336 e. The maximum absolute atomic E-state index is 11.8. The van der Waals surface area contributed by atoms with Gasteiger partial charge in [0.25, 0.3) is 0 Å². The fraction of sp³-hybridized carbons (Fsp3) is 0.143. The van der Waals surface area contributed by atoms with Crippen LogP contribution in [0.2, 0.25) is 0 Å². The molecule has 0 fully saturated rings. The van der Waals surface area contributed by atoms with Crippen LogP contribution in [0.25, 0.3) is 0 Å². The summed E-state index contributed by atoms with van der Waals surface area (Å²) in [5.74, 6) is -0.841. The molecule has 0 aliphatic rings. The predicted molar refractivity (Wildman–Crippen MR) is 81.8 cm³/mol. The van der Waals surface area contributed by atoms with Crippen LogP contribution in [0.15, 0.2) is 39.9 Å². The molecule has 104 valence electrons. The Morgan fingerprint density at radius 1 is 1.35 bits per heavy atom. The lowest BCUT2D eigenvalue weighted by atomic mass is 10.1. The van der Waals surface area contributed by atoms with Gasteiger partial charge in [-0.2, -0.15) is 0 Å². The zero-order valence-electron chi connectivity index (χ0n) is 10.8. The van der Waals surface area contributed by atoms with Crippen LogP contribution in [0, 0.1) is 6.92 Å². The number of carbonyl (C=O) groups is 2. The molecule has 2 rings (SSSR count). The number of anilines is 1. The summed E-state index contributed by atoms with van der Waals surface area (Å²) < 4.78 is 1.08. The van der Waals surface area contributed by atoms with Crippen LogP contribution in [0.5, 0.6) is 0 Å². The third-order valence-electron chi connectivity index (χ3n) is 2.59. The highest BCUT2D eigenvalue weighted by Crippen LogP contribution is 2.23. The van der Waals surface area contributed by atoms with E-state index < -0.39 is 5.97 Å². The van der Waals surface area contributed by atoms with Gasteiger partial charge in [0.15, 0.2) is 0 Å². The molecule has 0 atom stereocenters. The molecule has 0 aliphatic carbocycles. The second-order valence-corrected chi connectivity index (χ2v) is 6.33. The highest BCUT2D eigenvalue weighted by molar-refractivity contribution is 8.01. The van der Waals surface area contributed by atoms with Crippen LogP contribution >= 0.6 is 23.1 Å². The minimum atomic E-state index is -0.994. The summed E-state index contributed by atoms with van der Waals surface area (Å²) in [6.45, 7) is 1.72. The largest absolute Gasteiger partial charge is 0.478 e. The highest BCUT2D eigenvalue weighted by Gasteiger charge is 2.10. The van der Waals surface area contributed by atoms with Crippen molar-refractivity contribution < 1.29 is 14.7 Å². The Labute approximate surface area is 124 Å². The number of hydrogen-bond acceptors (Lipinski definition) is 4. The number of amides is 1. The molecule has 2 N–H and O–H groups in total. The minimum Gasteiger partial charge on any atom is -0.478 e. The maximum atomic E-state index is 11.8. The van der Waals surface area contributed by atoms with E-state index in [9.17, 15) is 9.59 Å². The molecule has 1 aromatic heterocycles. The number of benzene rings is 1. The zero-order chi connectivity index (χ0) is 14.5. The molecule has 6 heteroatoms. The van der Waals surface area contributed by atoms with Gasteiger partial charge in [0.2, 0.25) is 5.91 Å². The second kappa shape index (κ2) is 6.58. The van der Waals surface area contributed by atoms with Gasteiger partial charge >= 0.3 is 5.97 Å². The van der Waals surface area contributed by atoms with E-state index in [1.54, 1.807) is 30.4 Å². The molecule has 0 aliphatic heterocycles. The quantitative estimate of drug-likeness (QED) is 0.830. The summed E-state index contributed by atoms with van der Waals surface area (Å²) in [5, 5.41) is 13.7. The number of nitrogens with one attached hydrogen (secondary N) is 1. The third kappa shape index (κ3) is 3.85. The van der Waals surface area contributed by atoms with Crippen molar-refractivity contribution >= 4 is 40.7 Å². The first-order valence-corrected chi connectivity index (χ1v) is 7.73. The topological polar surface area (TPSA) is 66.4 Å². The number of thioether (sulfide) groups is 1. The van der Waals surface area contributed by atoms with Gasteiger partial charge in [0, 0.05) is 5.69 Å². The van der Waals surface area contributed by atoms with Gasteiger partial charge in [-0.05, 0) is 36.1 Å². The van der Waals surface area contributed by atoms with E-state index in [0.717, 1.165) is 4.21 Å². The number of thiophene rings is 1. The molecule has 1 amide bonds. The number of carbonyl (C=O) groups excluding carboxylic acids is 1. The number of carboxylic acid groups (broad SMARTS) is 1. The van der Waals surface area contributed by atoms with Gasteiger partial charge < -0.3 is 10.4 Å². The van der Waals surface area contributed by atoms with Crippen LogP contribution in [0.4, 0.5) is 5.69 Å². The smallest absolute Gasteiger partial charge is 0.336 e. The molecular weight excluding hydrogens is 294 g/mol. The number of carboxylic acids is 1. The normalized spacial score (nSPS) is 10.2. The molecule has 0 spiro atoms. The molecule has 0 saturated heterocycles. The fourth-order valence-electron chi connectivity index (χ4n) is 1.61. The zero-order valence-corrected chi connectivity index (χ0v) is 12.4. The molecule has 2 aromatic rings. The van der Waals surface area contributed by atoms with E-state index in [1.807, 2.05) is 17.5 Å². The Bertz CT molecular complexity index is 623. The molecule has 20 heavy (non-hydrogen) atoms. The van der Waals surface area contributed by atoms with Crippen LogP contribution in [0.1, 0.15) is 15.9 Å². The lowest BCUT2D eigenvalue weighted by molar-refractivity contribution is -0.113. The Balaban J connectivity index is 1.97. The van der Waals surface area contributed by atoms with Gasteiger partial charge in [0.05, 0.1) is 15.5 Å². The molecular formula is C14H13NO3S2. The predicted octanol–water partition coefficient (Wildman–Crippen LogP) is 3.49. The summed E-state index contributed by atoms with van der Waals surface area (Å²) in [6, 6.07) is 8.76. The van der Waals surface area contributed by atoms with E-state index in [0.29, 0.717) is 17.0 Å². The third-order valence-corrected chi connectivity index (χ3v) is 4.72. The number of aryl methyl sites for hydroxylation is 1. The Morgan fingerprint density at radius 3 is 2.80 bits per heavy atom. The van der Waals surface area contributed by atoms with Crippen LogP contribution in [-0.2, 0) is 4.79 Å². The lowest BCUT2D eigenvalue weighted by Crippen LogP contribution is -2.14. The van der Waals surface area contributed by atoms with E-state index >= 15 is 0 Å². The Morgan fingerprint density at radius 2 is 2.15 bits per heavy atom. The molecule has 0 bridgehead atoms. The summed E-state index contributed by atoms with van der Waals surface area (Å²) in [7, 11) is 0.